The highest BCUT2D eigenvalue weighted by Gasteiger charge is 2.18. The molecule has 0 N–H and O–H groups in total. The molecule has 28 heavy (non-hydrogen) atoms. The quantitative estimate of drug-likeness (QED) is 0.425. The maximum atomic E-state index is 13.4. The van der Waals surface area contributed by atoms with Crippen LogP contribution in [0.4, 0.5) is 0 Å². The maximum Gasteiger partial charge on any atom is 0.284 e. The summed E-state index contributed by atoms with van der Waals surface area (Å²) in [7, 11) is 1.77. The highest BCUT2D eigenvalue weighted by molar-refractivity contribution is 6.32. The van der Waals surface area contributed by atoms with Crippen molar-refractivity contribution in [3.05, 3.63) is 81.7 Å². The van der Waals surface area contributed by atoms with Gasteiger partial charge >= 0.3 is 0 Å². The first-order valence-electron chi connectivity index (χ1n) is 8.68. The van der Waals surface area contributed by atoms with E-state index in [1.165, 1.54) is 0 Å². The first-order chi connectivity index (χ1) is 13.6. The molecule has 5 aromatic rings. The monoisotopic (exact) mass is 384 g/mol. The Morgan fingerprint density at radius 2 is 1.82 bits per heavy atom. The molecule has 2 aromatic heterocycles. The van der Waals surface area contributed by atoms with Crippen LogP contribution >= 0.6 is 11.6 Å². The number of aryl methyl sites for hydroxylation is 1. The Labute approximate surface area is 164 Å². The molecule has 2 heterocycles. The normalized spacial score (nSPS) is 11.3. The molecule has 0 atom stereocenters. The second kappa shape index (κ2) is 5.95. The molecule has 6 heteroatoms. The van der Waals surface area contributed by atoms with E-state index in [0.29, 0.717) is 27.0 Å². The third-order valence-electron chi connectivity index (χ3n) is 4.98. The highest BCUT2D eigenvalue weighted by atomic mass is 35.5. The molecule has 5 rings (SSSR count). The van der Waals surface area contributed by atoms with Gasteiger partial charge in [-0.1, -0.05) is 48.0 Å². The third kappa shape index (κ3) is 2.25. The van der Waals surface area contributed by atoms with E-state index >= 15 is 0 Å². The van der Waals surface area contributed by atoms with Crippen molar-refractivity contribution < 1.29 is 0 Å². The third-order valence-corrected chi connectivity index (χ3v) is 5.29. The highest BCUT2D eigenvalue weighted by Crippen LogP contribution is 2.31. The van der Waals surface area contributed by atoms with Gasteiger partial charge in [0.2, 0.25) is 0 Å². The van der Waals surface area contributed by atoms with Crippen LogP contribution in [-0.2, 0) is 7.05 Å². The Morgan fingerprint density at radius 1 is 1.04 bits per heavy atom. The molecule has 0 aliphatic carbocycles. The Hall–Kier alpha value is -3.62. The van der Waals surface area contributed by atoms with Crippen molar-refractivity contribution in [1.82, 2.24) is 14.3 Å². The van der Waals surface area contributed by atoms with Crippen LogP contribution < -0.4 is 5.56 Å². The summed E-state index contributed by atoms with van der Waals surface area (Å²) in [5.74, 6) is 0. The lowest BCUT2D eigenvalue weighted by atomic mass is 10.1. The topological polar surface area (TPSA) is 63.6 Å². The molecule has 0 unspecified atom stereocenters. The van der Waals surface area contributed by atoms with E-state index < -0.39 is 0 Å². The predicted molar refractivity (Wildman–Crippen MR) is 111 cm³/mol. The van der Waals surface area contributed by atoms with Crippen LogP contribution in [0.15, 0.2) is 65.6 Å². The molecule has 0 fully saturated rings. The van der Waals surface area contributed by atoms with Crippen LogP contribution in [0.25, 0.3) is 38.3 Å². The zero-order valence-electron chi connectivity index (χ0n) is 14.8. The van der Waals surface area contributed by atoms with Crippen molar-refractivity contribution in [3.63, 3.8) is 0 Å². The Bertz CT molecular complexity index is 1520. The molecule has 0 saturated carbocycles. The number of nitriles is 1. The number of fused-ring (bicyclic) bond motifs is 4. The van der Waals surface area contributed by atoms with Crippen LogP contribution in [0.1, 0.15) is 5.56 Å². The van der Waals surface area contributed by atoms with E-state index in [1.54, 1.807) is 34.6 Å². The first-order valence-corrected chi connectivity index (χ1v) is 9.06. The minimum atomic E-state index is -0.222. The SMILES string of the molecule is Cn1cc2c(n1)c(=O)n(-c1cccc3ccccc13)c1cc(Cl)c(C#N)cc21. The number of benzene rings is 3. The standard InChI is InChI=1S/C22H13ClN4O/c1-26-12-17-16-9-14(11-24)18(23)10-20(16)27(22(28)21(17)25-26)19-8-4-6-13-5-2-3-7-15(13)19/h2-10,12H,1H3. The molecule has 0 aliphatic rings. The lowest BCUT2D eigenvalue weighted by Gasteiger charge is -2.14. The van der Waals surface area contributed by atoms with Gasteiger partial charge in [0.05, 0.1) is 21.8 Å². The van der Waals surface area contributed by atoms with Gasteiger partial charge in [-0.15, -0.1) is 0 Å². The Kier molecular flexibility index (Phi) is 3.51. The van der Waals surface area contributed by atoms with Gasteiger partial charge in [0, 0.05) is 29.4 Å². The molecule has 0 amide bonds. The van der Waals surface area contributed by atoms with E-state index in [-0.39, 0.29) is 5.56 Å². The molecule has 5 nitrogen and oxygen atoms in total. The fraction of sp³-hybridized carbons (Fsp3) is 0.0455. The van der Waals surface area contributed by atoms with E-state index in [0.717, 1.165) is 21.8 Å². The maximum absolute atomic E-state index is 13.4. The zero-order chi connectivity index (χ0) is 19.4. The van der Waals surface area contributed by atoms with Crippen molar-refractivity contribution in [3.8, 4) is 11.8 Å². The predicted octanol–water partition coefficient (Wildman–Crippen LogP) is 4.56. The van der Waals surface area contributed by atoms with Gasteiger partial charge in [0.15, 0.2) is 5.52 Å². The lowest BCUT2D eigenvalue weighted by molar-refractivity contribution is 0.777. The second-order valence-electron chi connectivity index (χ2n) is 6.66. The summed E-state index contributed by atoms with van der Waals surface area (Å²) in [5.41, 5.74) is 1.89. The average molecular weight is 385 g/mol. The summed E-state index contributed by atoms with van der Waals surface area (Å²) in [6.07, 6.45) is 1.79. The number of halogens is 1. The summed E-state index contributed by atoms with van der Waals surface area (Å²) < 4.78 is 3.25. The minimum absolute atomic E-state index is 0.222. The Balaban J connectivity index is 2.06. The molecular weight excluding hydrogens is 372 g/mol. The molecule has 3 aromatic carbocycles. The number of aromatic nitrogens is 3. The Morgan fingerprint density at radius 3 is 2.64 bits per heavy atom. The second-order valence-corrected chi connectivity index (χ2v) is 7.07. The first kappa shape index (κ1) is 16.5. The van der Waals surface area contributed by atoms with Gasteiger partial charge in [0.1, 0.15) is 6.07 Å². The van der Waals surface area contributed by atoms with Crippen molar-refractivity contribution in [2.75, 3.05) is 0 Å². The van der Waals surface area contributed by atoms with E-state index in [2.05, 4.69) is 11.2 Å². The largest absolute Gasteiger partial charge is 0.284 e. The number of hydrogen-bond donors (Lipinski definition) is 0. The summed E-state index contributed by atoms with van der Waals surface area (Å²) in [5, 5.41) is 17.5. The average Bonchev–Trinajstić information content (AvgIpc) is 3.10. The number of pyridine rings is 1. The van der Waals surface area contributed by atoms with Crippen LogP contribution in [0, 0.1) is 11.3 Å². The fourth-order valence-corrected chi connectivity index (χ4v) is 3.95. The molecular formula is C22H13ClN4O. The fourth-order valence-electron chi connectivity index (χ4n) is 3.75. The molecule has 0 aliphatic heterocycles. The van der Waals surface area contributed by atoms with Gasteiger partial charge in [-0.05, 0) is 23.6 Å². The molecule has 0 spiro atoms. The summed E-state index contributed by atoms with van der Waals surface area (Å²) in [6, 6.07) is 19.3. The van der Waals surface area contributed by atoms with Crippen LogP contribution in [0.2, 0.25) is 5.02 Å². The van der Waals surface area contributed by atoms with Crippen LogP contribution in [-0.4, -0.2) is 14.3 Å². The smallest absolute Gasteiger partial charge is 0.274 e. The molecule has 0 radical (unpaired) electrons. The van der Waals surface area contributed by atoms with Gasteiger partial charge in [0.25, 0.3) is 5.56 Å². The number of hydrogen-bond acceptors (Lipinski definition) is 3. The van der Waals surface area contributed by atoms with Gasteiger partial charge in [-0.2, -0.15) is 10.4 Å². The van der Waals surface area contributed by atoms with E-state index in [9.17, 15) is 10.1 Å². The van der Waals surface area contributed by atoms with Crippen molar-refractivity contribution >= 4 is 44.2 Å². The van der Waals surface area contributed by atoms with Crippen molar-refractivity contribution in [2.24, 2.45) is 7.05 Å². The summed E-state index contributed by atoms with van der Waals surface area (Å²) in [4.78, 5) is 13.4. The van der Waals surface area contributed by atoms with Gasteiger partial charge in [-0.3, -0.25) is 14.0 Å². The van der Waals surface area contributed by atoms with Gasteiger partial charge in [-0.25, -0.2) is 0 Å². The van der Waals surface area contributed by atoms with E-state index in [1.807, 2.05) is 42.5 Å². The summed E-state index contributed by atoms with van der Waals surface area (Å²) >= 11 is 6.33. The van der Waals surface area contributed by atoms with Crippen LogP contribution in [0.3, 0.4) is 0 Å². The number of rotatable bonds is 1. The van der Waals surface area contributed by atoms with E-state index in [4.69, 9.17) is 11.6 Å². The molecule has 0 saturated heterocycles. The number of nitrogens with zero attached hydrogens (tertiary/aromatic N) is 4. The minimum Gasteiger partial charge on any atom is -0.274 e. The van der Waals surface area contributed by atoms with Crippen molar-refractivity contribution in [2.45, 2.75) is 0 Å². The molecule has 134 valence electrons. The zero-order valence-corrected chi connectivity index (χ0v) is 15.6. The summed E-state index contributed by atoms with van der Waals surface area (Å²) in [6.45, 7) is 0. The van der Waals surface area contributed by atoms with Crippen molar-refractivity contribution in [1.29, 1.82) is 5.26 Å². The van der Waals surface area contributed by atoms with Gasteiger partial charge < -0.3 is 0 Å². The van der Waals surface area contributed by atoms with Crippen LogP contribution in [0.5, 0.6) is 0 Å². The lowest BCUT2D eigenvalue weighted by Crippen LogP contribution is -2.20. The molecule has 0 bridgehead atoms.